The van der Waals surface area contributed by atoms with Gasteiger partial charge in [-0.05, 0) is 65.1 Å². The highest BCUT2D eigenvalue weighted by Crippen LogP contribution is 2.36. The molecule has 4 amide bonds. The number of rotatable bonds is 10. The number of hydrogen-bond donors (Lipinski definition) is 2. The van der Waals surface area contributed by atoms with Crippen molar-refractivity contribution in [1.29, 1.82) is 0 Å². The number of imide groups is 1. The van der Waals surface area contributed by atoms with Crippen molar-refractivity contribution in [1.82, 2.24) is 10.2 Å². The van der Waals surface area contributed by atoms with Crippen LogP contribution in [-0.2, 0) is 22.6 Å². The average molecular weight is 629 g/mol. The van der Waals surface area contributed by atoms with Gasteiger partial charge >= 0.3 is 6.03 Å². The summed E-state index contributed by atoms with van der Waals surface area (Å²) >= 11 is 3.56. The van der Waals surface area contributed by atoms with Crippen LogP contribution in [0.15, 0.2) is 89.0 Å². The van der Waals surface area contributed by atoms with E-state index in [1.165, 1.54) is 0 Å². The number of anilines is 1. The van der Waals surface area contributed by atoms with Gasteiger partial charge < -0.3 is 20.1 Å². The first-order valence-corrected chi connectivity index (χ1v) is 14.4. The quantitative estimate of drug-likeness (QED) is 0.151. The highest BCUT2D eigenvalue weighted by atomic mass is 79.9. The van der Waals surface area contributed by atoms with Crippen LogP contribution in [0, 0.1) is 0 Å². The maximum absolute atomic E-state index is 13.1. The van der Waals surface area contributed by atoms with Crippen LogP contribution in [0.5, 0.6) is 11.5 Å². The van der Waals surface area contributed by atoms with Gasteiger partial charge in [0, 0.05) is 10.2 Å². The fraction of sp³-hybridized carbons (Fsp3) is 0.182. The number of halogens is 1. The Kier molecular flexibility index (Phi) is 8.88. The molecule has 1 aliphatic rings. The Morgan fingerprint density at radius 1 is 0.929 bits per heavy atom. The van der Waals surface area contributed by atoms with Crippen LogP contribution in [0.2, 0.25) is 0 Å². The molecule has 0 bridgehead atoms. The molecule has 214 valence electrons. The molecule has 0 saturated carbocycles. The molecule has 4 aromatic carbocycles. The average Bonchev–Trinajstić information content (AvgIpc) is 3.25. The van der Waals surface area contributed by atoms with Gasteiger partial charge in [0.1, 0.15) is 18.8 Å². The third-order valence-electron chi connectivity index (χ3n) is 6.86. The minimum atomic E-state index is -0.665. The highest BCUT2D eigenvalue weighted by molar-refractivity contribution is 9.10. The zero-order valence-corrected chi connectivity index (χ0v) is 24.9. The van der Waals surface area contributed by atoms with Crippen molar-refractivity contribution >= 4 is 56.3 Å². The van der Waals surface area contributed by atoms with Gasteiger partial charge in [0.2, 0.25) is 5.91 Å². The largest absolute Gasteiger partial charge is 0.490 e. The van der Waals surface area contributed by atoms with Crippen LogP contribution >= 0.6 is 15.9 Å². The zero-order valence-electron chi connectivity index (χ0n) is 23.3. The van der Waals surface area contributed by atoms with Crippen molar-refractivity contribution in [3.05, 3.63) is 106 Å². The van der Waals surface area contributed by atoms with Gasteiger partial charge in [-0.3, -0.25) is 9.59 Å². The molecule has 1 heterocycles. The Labute approximate surface area is 252 Å². The molecule has 0 unspecified atom stereocenters. The van der Waals surface area contributed by atoms with E-state index < -0.39 is 24.4 Å². The Morgan fingerprint density at radius 3 is 2.45 bits per heavy atom. The summed E-state index contributed by atoms with van der Waals surface area (Å²) in [5.74, 6) is -0.0325. The van der Waals surface area contributed by atoms with Gasteiger partial charge in [0.15, 0.2) is 11.5 Å². The molecule has 0 aromatic heterocycles. The third kappa shape index (κ3) is 6.31. The molecule has 2 N–H and O–H groups in total. The third-order valence-corrected chi connectivity index (χ3v) is 7.55. The first-order valence-electron chi connectivity index (χ1n) is 13.7. The van der Waals surface area contributed by atoms with Crippen LogP contribution in [0.3, 0.4) is 0 Å². The van der Waals surface area contributed by atoms with E-state index in [0.29, 0.717) is 40.4 Å². The van der Waals surface area contributed by atoms with E-state index in [-0.39, 0.29) is 5.70 Å². The lowest BCUT2D eigenvalue weighted by molar-refractivity contribution is -0.127. The monoisotopic (exact) mass is 627 g/mol. The van der Waals surface area contributed by atoms with Crippen LogP contribution in [0.1, 0.15) is 30.5 Å². The predicted octanol–water partition coefficient (Wildman–Crippen LogP) is 6.67. The minimum absolute atomic E-state index is 0.0503. The Hall–Kier alpha value is -4.63. The van der Waals surface area contributed by atoms with Gasteiger partial charge in [0.25, 0.3) is 5.91 Å². The van der Waals surface area contributed by atoms with E-state index in [4.69, 9.17) is 9.47 Å². The molecular weight excluding hydrogens is 598 g/mol. The summed E-state index contributed by atoms with van der Waals surface area (Å²) in [7, 11) is 0. The number of urea groups is 1. The van der Waals surface area contributed by atoms with E-state index >= 15 is 0 Å². The summed E-state index contributed by atoms with van der Waals surface area (Å²) in [5, 5.41) is 7.62. The first kappa shape index (κ1) is 28.9. The SMILES string of the molecule is CCOc1cc(/C=C2/NC(=O)N(CC(=O)Nc3ccccc3CC)C2=O)c(Br)cc1OCc1cccc2ccccc12. The molecule has 1 saturated heterocycles. The van der Waals surface area contributed by atoms with Gasteiger partial charge in [0.05, 0.1) is 6.61 Å². The minimum Gasteiger partial charge on any atom is -0.490 e. The number of carbonyl (C=O) groups is 3. The Morgan fingerprint density at radius 2 is 1.64 bits per heavy atom. The number of amides is 4. The normalized spacial score (nSPS) is 13.9. The number of nitrogens with one attached hydrogen (secondary N) is 2. The molecule has 1 fully saturated rings. The fourth-order valence-corrected chi connectivity index (χ4v) is 5.21. The van der Waals surface area contributed by atoms with E-state index in [1.54, 1.807) is 24.3 Å². The van der Waals surface area contributed by atoms with Crippen molar-refractivity contribution < 1.29 is 23.9 Å². The van der Waals surface area contributed by atoms with Crippen molar-refractivity contribution in [2.45, 2.75) is 26.9 Å². The molecule has 42 heavy (non-hydrogen) atoms. The van der Waals surface area contributed by atoms with Gasteiger partial charge in [-0.2, -0.15) is 0 Å². The number of benzene rings is 4. The zero-order chi connectivity index (χ0) is 29.6. The number of aryl methyl sites for hydroxylation is 1. The molecule has 0 radical (unpaired) electrons. The van der Waals surface area contributed by atoms with Gasteiger partial charge in [-0.1, -0.05) is 83.5 Å². The molecule has 5 rings (SSSR count). The lowest BCUT2D eigenvalue weighted by Gasteiger charge is -2.15. The summed E-state index contributed by atoms with van der Waals surface area (Å²) in [5.41, 5.74) is 3.31. The molecule has 0 aliphatic carbocycles. The maximum Gasteiger partial charge on any atom is 0.329 e. The lowest BCUT2D eigenvalue weighted by Crippen LogP contribution is -2.38. The van der Waals surface area contributed by atoms with Crippen molar-refractivity contribution in [2.24, 2.45) is 0 Å². The maximum atomic E-state index is 13.1. The molecule has 0 atom stereocenters. The van der Waals surface area contributed by atoms with Gasteiger partial charge in [-0.25, -0.2) is 9.69 Å². The van der Waals surface area contributed by atoms with Crippen LogP contribution in [0.4, 0.5) is 10.5 Å². The molecule has 0 spiro atoms. The lowest BCUT2D eigenvalue weighted by atomic mass is 10.1. The fourth-order valence-electron chi connectivity index (χ4n) is 4.77. The summed E-state index contributed by atoms with van der Waals surface area (Å²) in [6.45, 7) is 4.19. The summed E-state index contributed by atoms with van der Waals surface area (Å²) in [6, 6.07) is 24.5. The van der Waals surface area contributed by atoms with Crippen molar-refractivity contribution in [2.75, 3.05) is 18.5 Å². The van der Waals surface area contributed by atoms with Crippen molar-refractivity contribution in [3.63, 3.8) is 0 Å². The predicted molar refractivity (Wildman–Crippen MR) is 166 cm³/mol. The second kappa shape index (κ2) is 12.9. The van der Waals surface area contributed by atoms with E-state index in [2.05, 4.69) is 44.8 Å². The Balaban J connectivity index is 1.32. The second-order valence-corrected chi connectivity index (χ2v) is 10.5. The smallest absolute Gasteiger partial charge is 0.329 e. The molecule has 4 aromatic rings. The van der Waals surface area contributed by atoms with Gasteiger partial charge in [-0.15, -0.1) is 0 Å². The molecule has 1 aliphatic heterocycles. The molecular formula is C33H30BrN3O5. The number of hydrogen-bond acceptors (Lipinski definition) is 5. The van der Waals surface area contributed by atoms with Crippen LogP contribution < -0.4 is 20.1 Å². The molecule has 9 heteroatoms. The number of fused-ring (bicyclic) bond motifs is 1. The second-order valence-electron chi connectivity index (χ2n) is 9.62. The van der Waals surface area contributed by atoms with E-state index in [1.807, 2.05) is 56.3 Å². The van der Waals surface area contributed by atoms with Crippen LogP contribution in [-0.4, -0.2) is 35.9 Å². The number of para-hydroxylation sites is 1. The van der Waals surface area contributed by atoms with Crippen LogP contribution in [0.25, 0.3) is 16.8 Å². The highest BCUT2D eigenvalue weighted by Gasteiger charge is 2.35. The Bertz CT molecular complexity index is 1700. The summed E-state index contributed by atoms with van der Waals surface area (Å²) < 4.78 is 12.7. The van der Waals surface area contributed by atoms with E-state index in [9.17, 15) is 14.4 Å². The number of carbonyl (C=O) groups excluding carboxylic acids is 3. The summed E-state index contributed by atoms with van der Waals surface area (Å²) in [4.78, 5) is 39.3. The molecule has 8 nitrogen and oxygen atoms in total. The summed E-state index contributed by atoms with van der Waals surface area (Å²) in [6.07, 6.45) is 2.28. The standard InChI is InChI=1S/C33H30BrN3O5/c1-3-21-10-6-8-15-27(21)35-31(38)19-37-32(39)28(36-33(37)40)16-24-17-29(41-4-2)30(18-26(24)34)42-20-23-13-9-12-22-11-5-7-14-25(22)23/h5-18H,3-4,19-20H2,1-2H3,(H,35,38)(H,36,40)/b28-16+. The topological polar surface area (TPSA) is 97.0 Å². The number of nitrogens with zero attached hydrogens (tertiary/aromatic N) is 1. The number of ether oxygens (including phenoxy) is 2. The van der Waals surface area contributed by atoms with E-state index in [0.717, 1.165) is 33.2 Å². The first-order chi connectivity index (χ1) is 20.4. The van der Waals surface area contributed by atoms with Crippen molar-refractivity contribution in [3.8, 4) is 11.5 Å².